The van der Waals surface area contributed by atoms with Crippen LogP contribution < -0.4 is 4.90 Å². The van der Waals surface area contributed by atoms with Crippen LogP contribution in [0.15, 0.2) is 18.2 Å². The van der Waals surface area contributed by atoms with Crippen LogP contribution in [0.25, 0.3) is 0 Å². The zero-order chi connectivity index (χ0) is 19.7. The lowest BCUT2D eigenvalue weighted by atomic mass is 9.87. The molecule has 0 N–H and O–H groups in total. The van der Waals surface area contributed by atoms with Crippen molar-refractivity contribution in [2.45, 2.75) is 103 Å². The van der Waals surface area contributed by atoms with Crippen molar-refractivity contribution in [3.05, 3.63) is 29.3 Å². The predicted molar refractivity (Wildman–Crippen MR) is 112 cm³/mol. The van der Waals surface area contributed by atoms with E-state index < -0.39 is 0 Å². The van der Waals surface area contributed by atoms with E-state index in [9.17, 15) is 9.59 Å². The molecule has 1 heterocycles. The molecule has 152 valence electrons. The number of rotatable bonds is 4. The van der Waals surface area contributed by atoms with Gasteiger partial charge in [-0.1, -0.05) is 44.6 Å². The fourth-order valence-electron chi connectivity index (χ4n) is 5.55. The second-order valence-electron chi connectivity index (χ2n) is 9.09. The lowest BCUT2D eigenvalue weighted by Crippen LogP contribution is -2.53. The SMILES string of the molecule is Cc1ccc(N2C(=O)CC(N(C3CCCCC3)C3CCCCC3)C2=O)cc1C. The van der Waals surface area contributed by atoms with Crippen LogP contribution in [0.4, 0.5) is 5.69 Å². The molecule has 1 aromatic carbocycles. The van der Waals surface area contributed by atoms with E-state index >= 15 is 0 Å². The molecule has 2 amide bonds. The first-order chi connectivity index (χ1) is 13.6. The smallest absolute Gasteiger partial charge is 0.251 e. The molecule has 4 rings (SSSR count). The zero-order valence-corrected chi connectivity index (χ0v) is 17.5. The van der Waals surface area contributed by atoms with Crippen LogP contribution >= 0.6 is 0 Å². The molecule has 0 aromatic heterocycles. The third-order valence-corrected chi connectivity index (χ3v) is 7.22. The van der Waals surface area contributed by atoms with Crippen LogP contribution in [-0.4, -0.2) is 34.8 Å². The molecule has 1 unspecified atom stereocenters. The van der Waals surface area contributed by atoms with Crippen LogP contribution in [0.1, 0.15) is 81.8 Å². The number of carbonyl (C=O) groups is 2. The Kier molecular flexibility index (Phi) is 5.86. The minimum absolute atomic E-state index is 0.00407. The minimum atomic E-state index is -0.264. The third kappa shape index (κ3) is 3.76. The normalized spacial score (nSPS) is 25.1. The van der Waals surface area contributed by atoms with Gasteiger partial charge in [-0.25, -0.2) is 4.90 Å². The maximum atomic E-state index is 13.5. The molecule has 28 heavy (non-hydrogen) atoms. The topological polar surface area (TPSA) is 40.6 Å². The summed E-state index contributed by atoms with van der Waals surface area (Å²) in [6.45, 7) is 4.10. The van der Waals surface area contributed by atoms with E-state index in [1.807, 2.05) is 25.1 Å². The average Bonchev–Trinajstić information content (AvgIpc) is 3.00. The van der Waals surface area contributed by atoms with E-state index in [1.54, 1.807) is 0 Å². The lowest BCUT2D eigenvalue weighted by Gasteiger charge is -2.44. The fraction of sp³-hybridized carbons (Fsp3) is 0.667. The number of hydrogen-bond acceptors (Lipinski definition) is 3. The van der Waals surface area contributed by atoms with Gasteiger partial charge in [-0.05, 0) is 62.8 Å². The molecular weight excluding hydrogens is 348 g/mol. The number of carbonyl (C=O) groups excluding carboxylic acids is 2. The van der Waals surface area contributed by atoms with E-state index in [0.29, 0.717) is 18.5 Å². The Balaban J connectivity index is 1.61. The quantitative estimate of drug-likeness (QED) is 0.695. The minimum Gasteiger partial charge on any atom is -0.286 e. The van der Waals surface area contributed by atoms with Gasteiger partial charge in [-0.15, -0.1) is 0 Å². The van der Waals surface area contributed by atoms with Crippen LogP contribution in [0, 0.1) is 13.8 Å². The second kappa shape index (κ2) is 8.36. The molecular formula is C24H34N2O2. The largest absolute Gasteiger partial charge is 0.286 e. The van der Waals surface area contributed by atoms with Crippen LogP contribution in [0.2, 0.25) is 0 Å². The summed E-state index contributed by atoms with van der Waals surface area (Å²) in [4.78, 5) is 30.4. The van der Waals surface area contributed by atoms with Crippen molar-refractivity contribution in [1.82, 2.24) is 4.90 Å². The highest BCUT2D eigenvalue weighted by atomic mass is 16.2. The van der Waals surface area contributed by atoms with Crippen molar-refractivity contribution in [1.29, 1.82) is 0 Å². The average molecular weight is 383 g/mol. The molecule has 0 radical (unpaired) electrons. The number of amides is 2. The van der Waals surface area contributed by atoms with E-state index in [1.165, 1.54) is 74.7 Å². The second-order valence-corrected chi connectivity index (χ2v) is 9.09. The summed E-state index contributed by atoms with van der Waals surface area (Å²) in [5.74, 6) is -0.0285. The van der Waals surface area contributed by atoms with Gasteiger partial charge < -0.3 is 0 Å². The first-order valence-electron chi connectivity index (χ1n) is 11.3. The summed E-state index contributed by atoms with van der Waals surface area (Å²) in [5, 5.41) is 0. The molecule has 2 saturated carbocycles. The predicted octanol–water partition coefficient (Wildman–Crippen LogP) is 4.90. The molecule has 4 heteroatoms. The van der Waals surface area contributed by atoms with Crippen molar-refractivity contribution < 1.29 is 9.59 Å². The standard InChI is InChI=1S/C24H34N2O2/c1-17-13-14-21(15-18(17)2)26-23(27)16-22(24(26)28)25(19-9-5-3-6-10-19)20-11-7-4-8-12-20/h13-15,19-20,22H,3-12,16H2,1-2H3. The molecule has 1 aliphatic heterocycles. The summed E-state index contributed by atoms with van der Waals surface area (Å²) >= 11 is 0. The van der Waals surface area contributed by atoms with Gasteiger partial charge in [0.1, 0.15) is 0 Å². The highest BCUT2D eigenvalue weighted by Crippen LogP contribution is 2.36. The van der Waals surface area contributed by atoms with E-state index in [0.717, 1.165) is 11.3 Å². The van der Waals surface area contributed by atoms with Crippen LogP contribution in [-0.2, 0) is 9.59 Å². The van der Waals surface area contributed by atoms with E-state index in [-0.39, 0.29) is 17.9 Å². The third-order valence-electron chi connectivity index (χ3n) is 7.22. The number of imide groups is 1. The van der Waals surface area contributed by atoms with Gasteiger partial charge in [0, 0.05) is 12.1 Å². The molecule has 4 nitrogen and oxygen atoms in total. The molecule has 0 spiro atoms. The maximum Gasteiger partial charge on any atom is 0.251 e. The maximum absolute atomic E-state index is 13.5. The van der Waals surface area contributed by atoms with Gasteiger partial charge in [0.05, 0.1) is 18.2 Å². The highest BCUT2D eigenvalue weighted by molar-refractivity contribution is 6.22. The number of benzene rings is 1. The summed E-state index contributed by atoms with van der Waals surface area (Å²) in [5.41, 5.74) is 3.05. The summed E-state index contributed by atoms with van der Waals surface area (Å²) < 4.78 is 0. The Bertz CT molecular complexity index is 714. The van der Waals surface area contributed by atoms with Gasteiger partial charge in [-0.3, -0.25) is 14.5 Å². The van der Waals surface area contributed by atoms with Gasteiger partial charge in [0.15, 0.2) is 0 Å². The van der Waals surface area contributed by atoms with Crippen molar-refractivity contribution >= 4 is 17.5 Å². The Hall–Kier alpha value is -1.68. The van der Waals surface area contributed by atoms with Crippen molar-refractivity contribution in [2.24, 2.45) is 0 Å². The zero-order valence-electron chi connectivity index (χ0n) is 17.5. The van der Waals surface area contributed by atoms with Gasteiger partial charge in [0.25, 0.3) is 5.91 Å². The van der Waals surface area contributed by atoms with E-state index in [2.05, 4.69) is 11.8 Å². The van der Waals surface area contributed by atoms with Crippen LogP contribution in [0.3, 0.4) is 0 Å². The lowest BCUT2D eigenvalue weighted by molar-refractivity contribution is -0.124. The van der Waals surface area contributed by atoms with Gasteiger partial charge in [0.2, 0.25) is 5.91 Å². The molecule has 3 aliphatic rings. The molecule has 3 fully saturated rings. The molecule has 0 bridgehead atoms. The fourth-order valence-corrected chi connectivity index (χ4v) is 5.55. The summed E-state index contributed by atoms with van der Waals surface area (Å²) in [6, 6.07) is 6.60. The number of aryl methyl sites for hydroxylation is 2. The Labute approximate surface area is 169 Å². The van der Waals surface area contributed by atoms with Gasteiger partial charge >= 0.3 is 0 Å². The molecule has 1 aromatic rings. The molecule has 1 saturated heterocycles. The number of hydrogen-bond donors (Lipinski definition) is 0. The molecule has 1 atom stereocenters. The van der Waals surface area contributed by atoms with Crippen molar-refractivity contribution in [3.8, 4) is 0 Å². The highest BCUT2D eigenvalue weighted by Gasteiger charge is 2.46. The summed E-state index contributed by atoms with van der Waals surface area (Å²) in [7, 11) is 0. The van der Waals surface area contributed by atoms with E-state index in [4.69, 9.17) is 0 Å². The van der Waals surface area contributed by atoms with Crippen LogP contribution in [0.5, 0.6) is 0 Å². The van der Waals surface area contributed by atoms with Crippen molar-refractivity contribution in [2.75, 3.05) is 4.90 Å². The Morgan fingerprint density at radius 2 is 1.39 bits per heavy atom. The molecule has 2 aliphatic carbocycles. The number of anilines is 1. The summed E-state index contributed by atoms with van der Waals surface area (Å²) in [6.07, 6.45) is 12.7. The first-order valence-corrected chi connectivity index (χ1v) is 11.3. The number of nitrogens with zero attached hydrogens (tertiary/aromatic N) is 2. The Morgan fingerprint density at radius 3 is 1.93 bits per heavy atom. The monoisotopic (exact) mass is 382 g/mol. The van der Waals surface area contributed by atoms with Crippen molar-refractivity contribution in [3.63, 3.8) is 0 Å². The van der Waals surface area contributed by atoms with Gasteiger partial charge in [-0.2, -0.15) is 0 Å². The Morgan fingerprint density at radius 1 is 0.821 bits per heavy atom. The first kappa shape index (κ1) is 19.6.